The van der Waals surface area contributed by atoms with Crippen molar-refractivity contribution in [2.45, 2.75) is 58.6 Å². The molecule has 0 aliphatic heterocycles. The summed E-state index contributed by atoms with van der Waals surface area (Å²) in [5.41, 5.74) is 2.09. The summed E-state index contributed by atoms with van der Waals surface area (Å²) < 4.78 is 14.4. The number of halogens is 1. The number of hydrogen-bond acceptors (Lipinski definition) is 5. The summed E-state index contributed by atoms with van der Waals surface area (Å²) in [5.74, 6) is 0.150. The van der Waals surface area contributed by atoms with Crippen LogP contribution in [0.3, 0.4) is 0 Å². The molecule has 2 heterocycles. The molecule has 0 amide bonds. The van der Waals surface area contributed by atoms with Crippen molar-refractivity contribution in [1.82, 2.24) is 14.3 Å². The minimum Gasteiger partial charge on any atom is -0.495 e. The zero-order valence-corrected chi connectivity index (χ0v) is 21.5. The molecule has 1 aromatic carbocycles. The summed E-state index contributed by atoms with van der Waals surface area (Å²) >= 11 is 6.29. The van der Waals surface area contributed by atoms with Crippen LogP contribution in [0.25, 0.3) is 11.1 Å². The summed E-state index contributed by atoms with van der Waals surface area (Å²) in [4.78, 5) is 26.6. The Balaban J connectivity index is 2.15. The summed E-state index contributed by atoms with van der Waals surface area (Å²) in [5, 5.41) is 4.94. The Morgan fingerprint density at radius 1 is 1.15 bits per heavy atom. The monoisotopic (exact) mass is 485 g/mol. The fourth-order valence-corrected chi connectivity index (χ4v) is 4.02. The number of aryl methyl sites for hydroxylation is 1. The second-order valence-electron chi connectivity index (χ2n) is 9.62. The number of rotatable bonds is 7. The molecule has 34 heavy (non-hydrogen) atoms. The van der Waals surface area contributed by atoms with Crippen LogP contribution in [-0.2, 0) is 23.0 Å². The zero-order valence-electron chi connectivity index (χ0n) is 20.8. The van der Waals surface area contributed by atoms with Gasteiger partial charge < -0.3 is 9.47 Å². The Bertz CT molecular complexity index is 1240. The van der Waals surface area contributed by atoms with E-state index in [0.29, 0.717) is 22.0 Å². The van der Waals surface area contributed by atoms with Crippen LogP contribution in [0.5, 0.6) is 5.75 Å². The molecule has 0 saturated carbocycles. The van der Waals surface area contributed by atoms with Gasteiger partial charge in [0.1, 0.15) is 17.4 Å². The van der Waals surface area contributed by atoms with Crippen LogP contribution >= 0.6 is 11.6 Å². The Morgan fingerprint density at radius 3 is 2.41 bits per heavy atom. The maximum Gasteiger partial charge on any atom is 0.330 e. The predicted octanol–water partition coefficient (Wildman–Crippen LogP) is 5.16. The molecule has 3 rings (SSSR count). The van der Waals surface area contributed by atoms with E-state index < -0.39 is 17.6 Å². The highest BCUT2D eigenvalue weighted by Crippen LogP contribution is 2.36. The molecule has 0 saturated heterocycles. The molecular formula is C26H32ClN3O4. The number of ether oxygens (including phenoxy) is 2. The highest BCUT2D eigenvalue weighted by molar-refractivity contribution is 6.30. The van der Waals surface area contributed by atoms with E-state index in [1.165, 1.54) is 17.7 Å². The van der Waals surface area contributed by atoms with Gasteiger partial charge in [-0.1, -0.05) is 31.5 Å². The third-order valence-corrected chi connectivity index (χ3v) is 5.61. The Kier molecular flexibility index (Phi) is 7.56. The third-order valence-electron chi connectivity index (χ3n) is 5.38. The van der Waals surface area contributed by atoms with Crippen molar-refractivity contribution in [3.63, 3.8) is 0 Å². The van der Waals surface area contributed by atoms with E-state index in [-0.39, 0.29) is 17.9 Å². The van der Waals surface area contributed by atoms with Crippen molar-refractivity contribution in [1.29, 1.82) is 0 Å². The molecule has 7 nitrogen and oxygen atoms in total. The minimum atomic E-state index is -0.909. The lowest BCUT2D eigenvalue weighted by Crippen LogP contribution is -2.36. The van der Waals surface area contributed by atoms with Crippen molar-refractivity contribution in [2.75, 3.05) is 7.11 Å². The number of carbonyl (C=O) groups excluding carboxylic acids is 1. The van der Waals surface area contributed by atoms with Gasteiger partial charge in [-0.15, -0.1) is 0 Å². The summed E-state index contributed by atoms with van der Waals surface area (Å²) in [6.07, 6.45) is 3.56. The van der Waals surface area contributed by atoms with Crippen LogP contribution in [0.1, 0.15) is 57.8 Å². The van der Waals surface area contributed by atoms with Crippen molar-refractivity contribution >= 4 is 17.6 Å². The number of benzene rings is 1. The third kappa shape index (κ3) is 5.89. The molecule has 0 fully saturated rings. The summed E-state index contributed by atoms with van der Waals surface area (Å²) in [7, 11) is 3.34. The Labute approximate surface area is 205 Å². The second kappa shape index (κ2) is 10.1. The molecule has 3 aromatic rings. The molecule has 182 valence electrons. The van der Waals surface area contributed by atoms with Crippen LogP contribution < -0.4 is 10.3 Å². The fourth-order valence-electron chi connectivity index (χ4n) is 3.85. The van der Waals surface area contributed by atoms with E-state index in [1.807, 2.05) is 24.3 Å². The first-order valence-electron chi connectivity index (χ1n) is 11.2. The number of pyridine rings is 1. The van der Waals surface area contributed by atoms with Gasteiger partial charge in [-0.05, 0) is 56.0 Å². The van der Waals surface area contributed by atoms with E-state index in [4.69, 9.17) is 21.1 Å². The van der Waals surface area contributed by atoms with E-state index in [9.17, 15) is 9.59 Å². The quantitative estimate of drug-likeness (QED) is 0.432. The Morgan fingerprint density at radius 2 is 1.85 bits per heavy atom. The predicted molar refractivity (Wildman–Crippen MR) is 134 cm³/mol. The molecule has 1 atom stereocenters. The van der Waals surface area contributed by atoms with Gasteiger partial charge in [0.25, 0.3) is 5.56 Å². The van der Waals surface area contributed by atoms with Gasteiger partial charge in [0.15, 0.2) is 0 Å². The first kappa shape index (κ1) is 25.6. The molecule has 0 aliphatic rings. The zero-order chi connectivity index (χ0) is 25.2. The van der Waals surface area contributed by atoms with Gasteiger partial charge in [0.05, 0.1) is 19.0 Å². The minimum absolute atomic E-state index is 0.201. The van der Waals surface area contributed by atoms with Gasteiger partial charge in [0, 0.05) is 36.3 Å². The first-order chi connectivity index (χ1) is 15.9. The summed E-state index contributed by atoms with van der Waals surface area (Å²) in [6.45, 7) is 9.53. The van der Waals surface area contributed by atoms with Gasteiger partial charge in [-0.3, -0.25) is 14.0 Å². The molecule has 0 N–H and O–H groups in total. The largest absolute Gasteiger partial charge is 0.495 e. The second-order valence-corrected chi connectivity index (χ2v) is 10.1. The smallest absolute Gasteiger partial charge is 0.330 e. The summed E-state index contributed by atoms with van der Waals surface area (Å²) in [6, 6.07) is 8.02. The maximum atomic E-state index is 13.4. The molecule has 0 bridgehead atoms. The number of aromatic nitrogens is 3. The van der Waals surface area contributed by atoms with Crippen molar-refractivity contribution in [2.24, 2.45) is 7.05 Å². The van der Waals surface area contributed by atoms with Gasteiger partial charge in [0.2, 0.25) is 0 Å². The first-order valence-corrected chi connectivity index (χ1v) is 11.6. The lowest BCUT2D eigenvalue weighted by molar-refractivity contribution is -0.159. The van der Waals surface area contributed by atoms with Gasteiger partial charge in [-0.25, -0.2) is 4.79 Å². The van der Waals surface area contributed by atoms with Crippen LogP contribution in [-0.4, -0.2) is 33.0 Å². The van der Waals surface area contributed by atoms with Crippen LogP contribution in [0, 0.1) is 0 Å². The molecule has 0 aliphatic carbocycles. The van der Waals surface area contributed by atoms with Crippen LogP contribution in [0.4, 0.5) is 0 Å². The molecule has 0 spiro atoms. The average molecular weight is 486 g/mol. The number of hydrogen-bond donors (Lipinski definition) is 0. The Hall–Kier alpha value is -3.06. The number of nitrogens with zero attached hydrogens (tertiary/aromatic N) is 3. The maximum absolute atomic E-state index is 13.4. The topological polar surface area (TPSA) is 75.3 Å². The van der Waals surface area contributed by atoms with E-state index in [2.05, 4.69) is 18.9 Å². The molecule has 1 unspecified atom stereocenters. The average Bonchev–Trinajstić information content (AvgIpc) is 3.15. The number of esters is 1. The van der Waals surface area contributed by atoms with Crippen molar-refractivity contribution in [3.8, 4) is 16.9 Å². The van der Waals surface area contributed by atoms with Gasteiger partial charge >= 0.3 is 5.97 Å². The number of carbonyl (C=O) groups is 1. The SMILES string of the molecule is COc1cn(C(Cc2ccn(C)n2)C(=O)OC(C)(C)C)c(=O)cc1-c1cc(Cl)ccc1C(C)C. The van der Waals surface area contributed by atoms with Crippen LogP contribution in [0.15, 0.2) is 47.5 Å². The number of methoxy groups -OCH3 is 1. The van der Waals surface area contributed by atoms with Crippen LogP contribution in [0.2, 0.25) is 5.02 Å². The van der Waals surface area contributed by atoms with E-state index >= 15 is 0 Å². The lowest BCUT2D eigenvalue weighted by Gasteiger charge is -2.25. The van der Waals surface area contributed by atoms with Crippen molar-refractivity contribution in [3.05, 3.63) is 69.4 Å². The molecule has 0 radical (unpaired) electrons. The highest BCUT2D eigenvalue weighted by atomic mass is 35.5. The molecule has 8 heteroatoms. The fraction of sp³-hybridized carbons (Fsp3) is 0.423. The standard InChI is InChI=1S/C26H32ClN3O4/c1-16(2)19-9-8-17(27)12-20(19)21-14-24(31)30(15-23(21)33-7)22(25(32)34-26(3,4)5)13-18-10-11-29(6)28-18/h8-12,14-16,22H,13H2,1-7H3. The van der Waals surface area contributed by atoms with Crippen molar-refractivity contribution < 1.29 is 14.3 Å². The van der Waals surface area contributed by atoms with E-state index in [1.54, 1.807) is 44.9 Å². The lowest BCUT2D eigenvalue weighted by atomic mass is 9.92. The normalized spacial score (nSPS) is 12.6. The molecular weight excluding hydrogens is 454 g/mol. The molecule has 2 aromatic heterocycles. The van der Waals surface area contributed by atoms with Gasteiger partial charge in [-0.2, -0.15) is 5.10 Å². The highest BCUT2D eigenvalue weighted by Gasteiger charge is 2.29. The van der Waals surface area contributed by atoms with E-state index in [0.717, 1.165) is 11.1 Å².